The molecule has 0 aromatic heterocycles. The zero-order valence-corrected chi connectivity index (χ0v) is 56.9. The van der Waals surface area contributed by atoms with Crippen molar-refractivity contribution < 1.29 is 109 Å². The first-order valence-electron chi connectivity index (χ1n) is 30.2. The minimum atomic E-state index is -1.23. The number of nitrogens with zero attached hydrogens (tertiary/aromatic N) is 1. The topological polar surface area (TPSA) is 785 Å². The third-order valence-corrected chi connectivity index (χ3v) is 11.1. The summed E-state index contributed by atoms with van der Waals surface area (Å²) in [5.41, 5.74) is 68.7. The van der Waals surface area contributed by atoms with Crippen LogP contribution >= 0.6 is 0 Å². The highest BCUT2D eigenvalue weighted by atomic mass is 16.4. The average molecular weight is 1410 g/mol. The maximum Gasteiger partial charge on any atom is 0.335 e. The lowest BCUT2D eigenvalue weighted by Gasteiger charge is -2.09. The fourth-order valence-electron chi connectivity index (χ4n) is 5.42. The summed E-state index contributed by atoms with van der Waals surface area (Å²) in [6.07, 6.45) is 6.07. The minimum absolute atomic E-state index is 0.00463. The summed E-state index contributed by atoms with van der Waals surface area (Å²) >= 11 is 0. The van der Waals surface area contributed by atoms with Crippen LogP contribution in [0.4, 0.5) is 0 Å². The Hall–Kier alpha value is -8.52. The van der Waals surface area contributed by atoms with E-state index in [2.05, 4.69) is 46.2 Å². The smallest absolute Gasteiger partial charge is 0.335 e. The molecular weight excluding hydrogens is 1300 g/mol. The largest absolute Gasteiger partial charge is 0.481 e. The highest BCUT2D eigenvalue weighted by Crippen LogP contribution is 2.05. The summed E-state index contributed by atoms with van der Waals surface area (Å²) in [5.74, 6) is -10.0. The Labute approximate surface area is 570 Å². The van der Waals surface area contributed by atoms with E-state index >= 15 is 0 Å². The predicted octanol–water partition coefficient (Wildman–Crippen LogP) is -4.61. The molecule has 98 heavy (non-hydrogen) atoms. The maximum atomic E-state index is 10.4. The van der Waals surface area contributed by atoms with Gasteiger partial charge in [0.15, 0.2) is 6.17 Å². The number of hydrogen-bond donors (Lipinski definition) is 26. The predicted molar refractivity (Wildman–Crippen MR) is 365 cm³/mol. The Morgan fingerprint density at radius 3 is 1.01 bits per heavy atom. The summed E-state index contributed by atoms with van der Waals surface area (Å²) in [6, 6.07) is 9.41. The van der Waals surface area contributed by atoms with Crippen molar-refractivity contribution in [3.05, 3.63) is 70.8 Å². The molecule has 2 aromatic carbocycles. The van der Waals surface area contributed by atoms with Gasteiger partial charge < -0.3 is 146 Å². The Balaban J connectivity index is -0.000000155. The molecule has 2 amide bonds. The van der Waals surface area contributed by atoms with Crippen molar-refractivity contribution in [2.75, 3.05) is 59.9 Å². The second-order valence-corrected chi connectivity index (χ2v) is 20.9. The molecular formula is C59H115N17O22. The standard InChI is InChI=1S/C9H20N2O2.C9H11NO2.C8H16N2O3.C8H18N2O2.C8H9NO2.C5H10N2O3.C4H10N2O2.C3H8N2O2.C3H7NO2.C2H6N2O2/c1-7(2)11-6-4-3-5-8(10)9(12)13;10-6-8-3-1-7(2-4-8)5-9(11)12;1-6(11)10-5-3-2-4-7(9)8(12)13;1-10(2)6-4-3-5-7(9)8(11)12;9-5-6-1-3-7(4-2-6)8(10)11;1-3(8)7-2-4(6)5(9)10;5-2-1-3(6)4(7)8;4-1-2(5)3(6)7;4-2-1-3(5)6;3-1(4)2(5)6/h7-8,11H,3-6,10H2,1-2H3,(H,12,13);1-4H,5-6,10H2,(H,11,12);7H,2-5,9H2,1H3,(H,10,11)(H,12,13);7H,3-6,9H2,1-2H3,(H,11,12);1-4H,5,9H2,(H,10,11);4H,2,6H2,1H3,(H,7,8)(H,9,10);3H,1-2,5-6H2,(H,7,8);2H,1,4-5H2,(H,6,7);1-2,4H2,(H,5,6);1H,3-4H2,(H,5,6)/t8-;;2*7-;;4-;3-;2-;;/m0.00.000../s1. The van der Waals surface area contributed by atoms with E-state index < -0.39 is 102 Å². The number of carboxylic acid groups (broad SMARTS) is 10. The van der Waals surface area contributed by atoms with E-state index in [4.69, 9.17) is 114 Å². The van der Waals surface area contributed by atoms with Crippen molar-refractivity contribution in [1.29, 1.82) is 0 Å². The lowest BCUT2D eigenvalue weighted by atomic mass is 10.1. The lowest BCUT2D eigenvalue weighted by molar-refractivity contribution is -0.139. The van der Waals surface area contributed by atoms with Gasteiger partial charge in [-0.1, -0.05) is 63.1 Å². The molecule has 568 valence electrons. The number of unbranched alkanes of at least 4 members (excludes halogenated alkanes) is 3. The number of nitrogens with one attached hydrogen (secondary N) is 3. The Morgan fingerprint density at radius 1 is 0.418 bits per heavy atom. The van der Waals surface area contributed by atoms with Gasteiger partial charge in [0.2, 0.25) is 11.8 Å². The molecule has 0 radical (unpaired) electrons. The van der Waals surface area contributed by atoms with E-state index in [0.717, 1.165) is 61.9 Å². The molecule has 0 heterocycles. The van der Waals surface area contributed by atoms with E-state index in [0.29, 0.717) is 69.9 Å². The van der Waals surface area contributed by atoms with Crippen molar-refractivity contribution in [3.8, 4) is 0 Å². The van der Waals surface area contributed by atoms with Gasteiger partial charge in [-0.3, -0.25) is 47.9 Å². The second-order valence-electron chi connectivity index (χ2n) is 20.9. The molecule has 0 fully saturated rings. The first-order valence-corrected chi connectivity index (χ1v) is 30.2. The van der Waals surface area contributed by atoms with Gasteiger partial charge in [-0.15, -0.1) is 0 Å². The summed E-state index contributed by atoms with van der Waals surface area (Å²) in [4.78, 5) is 123. The molecule has 6 atom stereocenters. The SMILES string of the molecule is CC(=O)NCCCC[C@H](N)C(=O)O.CC(=O)NC[C@H](N)C(=O)O.CC(C)NCCCC[C@H](N)C(=O)O.CN(C)CCCC[C@H](N)C(=O)O.NC(N)C(=O)O.NCCC(=O)O.NCC[C@H](N)C(=O)O.NC[C@H](N)C(=O)O.NCc1ccc(C(=O)O)cc1.NCc1ccc(CC(=O)O)cc1. The summed E-state index contributed by atoms with van der Waals surface area (Å²) in [6.45, 7) is 10.9. The number of carbonyl (C=O) groups is 12. The molecule has 39 heteroatoms. The second kappa shape index (κ2) is 69.8. The Kier molecular flexibility index (Phi) is 75.2. The van der Waals surface area contributed by atoms with Gasteiger partial charge in [-0.25, -0.2) is 9.59 Å². The quantitative estimate of drug-likeness (QED) is 0.0228. The molecule has 0 aliphatic carbocycles. The minimum Gasteiger partial charge on any atom is -0.481 e. The van der Waals surface area contributed by atoms with E-state index in [1.165, 1.54) is 13.8 Å². The zero-order valence-electron chi connectivity index (χ0n) is 56.9. The molecule has 0 spiro atoms. The number of benzene rings is 2. The van der Waals surface area contributed by atoms with Crippen LogP contribution in [-0.2, 0) is 72.3 Å². The van der Waals surface area contributed by atoms with Crippen LogP contribution in [0.15, 0.2) is 48.5 Å². The first-order chi connectivity index (χ1) is 45.4. The third-order valence-electron chi connectivity index (χ3n) is 11.1. The maximum absolute atomic E-state index is 10.4. The van der Waals surface area contributed by atoms with E-state index in [9.17, 15) is 57.5 Å². The molecule has 39 N–H and O–H groups in total. The van der Waals surface area contributed by atoms with E-state index in [1.807, 2.05) is 26.2 Å². The monoisotopic (exact) mass is 1410 g/mol. The van der Waals surface area contributed by atoms with Gasteiger partial charge in [-0.05, 0) is 114 Å². The lowest BCUT2D eigenvalue weighted by Crippen LogP contribution is -2.41. The number of carbonyl (C=O) groups excluding carboxylic acids is 2. The molecule has 2 aromatic rings. The molecule has 0 saturated heterocycles. The van der Waals surface area contributed by atoms with Crippen molar-refractivity contribution in [1.82, 2.24) is 20.9 Å². The summed E-state index contributed by atoms with van der Waals surface area (Å²) < 4.78 is 0. The van der Waals surface area contributed by atoms with Crippen LogP contribution in [0, 0.1) is 0 Å². The van der Waals surface area contributed by atoms with E-state index in [-0.39, 0.29) is 44.3 Å². The molecule has 0 unspecified atom stereocenters. The van der Waals surface area contributed by atoms with Crippen molar-refractivity contribution in [2.45, 2.75) is 166 Å². The van der Waals surface area contributed by atoms with Gasteiger partial charge in [0.25, 0.3) is 0 Å². The molecule has 0 aliphatic heterocycles. The highest BCUT2D eigenvalue weighted by Gasteiger charge is 2.14. The normalized spacial score (nSPS) is 11.6. The van der Waals surface area contributed by atoms with E-state index in [1.54, 1.807) is 36.4 Å². The molecule has 0 aliphatic rings. The van der Waals surface area contributed by atoms with Gasteiger partial charge in [0.05, 0.1) is 18.4 Å². The number of carboxylic acids is 10. The molecule has 0 bridgehead atoms. The van der Waals surface area contributed by atoms with Crippen LogP contribution in [-0.4, -0.2) is 236 Å². The van der Waals surface area contributed by atoms with Crippen molar-refractivity contribution in [2.24, 2.45) is 74.5 Å². The number of aliphatic carboxylic acids is 9. The molecule has 2 rings (SSSR count). The zero-order chi connectivity index (χ0) is 78.1. The van der Waals surface area contributed by atoms with Crippen LogP contribution < -0.4 is 90.5 Å². The van der Waals surface area contributed by atoms with Gasteiger partial charge >= 0.3 is 59.7 Å². The van der Waals surface area contributed by atoms with Crippen LogP contribution in [0.5, 0.6) is 0 Å². The summed E-state index contributed by atoms with van der Waals surface area (Å²) in [5, 5.41) is 90.4. The molecule has 39 nitrogen and oxygen atoms in total. The van der Waals surface area contributed by atoms with Crippen LogP contribution in [0.3, 0.4) is 0 Å². The van der Waals surface area contributed by atoms with Crippen molar-refractivity contribution in [3.63, 3.8) is 0 Å². The number of hydrogen-bond acceptors (Lipinski definition) is 27. The fraction of sp³-hybridized carbons (Fsp3) is 0.593. The summed E-state index contributed by atoms with van der Waals surface area (Å²) in [7, 11) is 3.99. The third kappa shape index (κ3) is 85.5. The Bertz CT molecular complexity index is 2470. The van der Waals surface area contributed by atoms with Gasteiger partial charge in [0, 0.05) is 59.2 Å². The number of rotatable bonds is 35. The highest BCUT2D eigenvalue weighted by molar-refractivity contribution is 5.87. The van der Waals surface area contributed by atoms with Crippen molar-refractivity contribution >= 4 is 71.5 Å². The first kappa shape index (κ1) is 106. The van der Waals surface area contributed by atoms with Crippen LogP contribution in [0.2, 0.25) is 0 Å². The van der Waals surface area contributed by atoms with Gasteiger partial charge in [-0.2, -0.15) is 0 Å². The number of nitrogens with two attached hydrogens (primary N) is 13. The fourth-order valence-corrected chi connectivity index (χ4v) is 5.42. The van der Waals surface area contributed by atoms with Crippen LogP contribution in [0.25, 0.3) is 0 Å². The average Bonchev–Trinajstić information content (AvgIpc) is 0.935. The number of amides is 2. The van der Waals surface area contributed by atoms with Gasteiger partial charge in [0.1, 0.15) is 36.3 Å². The number of aromatic carboxylic acids is 1. The van der Waals surface area contributed by atoms with Crippen LogP contribution in [0.1, 0.15) is 125 Å². The Morgan fingerprint density at radius 2 is 0.765 bits per heavy atom. The molecule has 0 saturated carbocycles.